The topological polar surface area (TPSA) is 52.0 Å². The highest BCUT2D eigenvalue weighted by molar-refractivity contribution is 5.48. The van der Waals surface area contributed by atoms with Crippen LogP contribution in [0.4, 0.5) is 5.69 Å². The standard InChI is InChI=1S/C15H20N4O/c1-2-15-11-13(7-10-20-15)18-12-3-5-14(6-4-12)19-16-8-9-17-19/h3-6,8-9,13,15,18H,2,7,10-11H2,1H3. The van der Waals surface area contributed by atoms with Gasteiger partial charge in [0.1, 0.15) is 0 Å². The molecule has 1 aliphatic heterocycles. The average Bonchev–Trinajstić information content (AvgIpc) is 3.02. The van der Waals surface area contributed by atoms with Crippen molar-refractivity contribution in [3.8, 4) is 5.69 Å². The molecule has 1 aromatic carbocycles. The third-order valence-corrected chi connectivity index (χ3v) is 3.71. The molecule has 1 aliphatic rings. The van der Waals surface area contributed by atoms with Crippen molar-refractivity contribution in [2.75, 3.05) is 11.9 Å². The van der Waals surface area contributed by atoms with Gasteiger partial charge in [0, 0.05) is 18.3 Å². The predicted octanol–water partition coefficient (Wildman–Crippen LogP) is 2.64. The number of rotatable bonds is 4. The highest BCUT2D eigenvalue weighted by atomic mass is 16.5. The number of nitrogens with zero attached hydrogens (tertiary/aromatic N) is 3. The summed E-state index contributed by atoms with van der Waals surface area (Å²) in [5.74, 6) is 0. The molecule has 1 saturated heterocycles. The van der Waals surface area contributed by atoms with Gasteiger partial charge >= 0.3 is 0 Å². The number of anilines is 1. The monoisotopic (exact) mass is 272 g/mol. The lowest BCUT2D eigenvalue weighted by Gasteiger charge is -2.30. The Morgan fingerprint density at radius 2 is 2.00 bits per heavy atom. The van der Waals surface area contributed by atoms with Gasteiger partial charge in [-0.2, -0.15) is 15.0 Å². The SMILES string of the molecule is CCC1CC(Nc2ccc(-n3nccn3)cc2)CCO1. The van der Waals surface area contributed by atoms with Gasteiger partial charge < -0.3 is 10.1 Å². The third kappa shape index (κ3) is 2.99. The average molecular weight is 272 g/mol. The zero-order valence-corrected chi connectivity index (χ0v) is 11.7. The molecule has 106 valence electrons. The third-order valence-electron chi connectivity index (χ3n) is 3.71. The number of hydrogen-bond donors (Lipinski definition) is 1. The minimum absolute atomic E-state index is 0.397. The molecular weight excluding hydrogens is 252 g/mol. The molecule has 0 aliphatic carbocycles. The van der Waals surface area contributed by atoms with E-state index >= 15 is 0 Å². The van der Waals surface area contributed by atoms with Crippen molar-refractivity contribution in [2.45, 2.75) is 38.3 Å². The lowest BCUT2D eigenvalue weighted by Crippen LogP contribution is -2.33. The molecule has 3 rings (SSSR count). The van der Waals surface area contributed by atoms with Crippen molar-refractivity contribution >= 4 is 5.69 Å². The van der Waals surface area contributed by atoms with Crippen LogP contribution < -0.4 is 5.32 Å². The fourth-order valence-corrected chi connectivity index (χ4v) is 2.57. The van der Waals surface area contributed by atoms with Crippen molar-refractivity contribution in [3.63, 3.8) is 0 Å². The first-order chi connectivity index (χ1) is 9.85. The second-order valence-corrected chi connectivity index (χ2v) is 5.13. The van der Waals surface area contributed by atoms with Crippen LogP contribution in [0, 0.1) is 0 Å². The maximum atomic E-state index is 5.70. The van der Waals surface area contributed by atoms with E-state index in [0.717, 1.165) is 37.2 Å². The van der Waals surface area contributed by atoms with E-state index in [0.29, 0.717) is 12.1 Å². The van der Waals surface area contributed by atoms with Gasteiger partial charge in [-0.25, -0.2) is 0 Å². The lowest BCUT2D eigenvalue weighted by molar-refractivity contribution is 0.00926. The Hall–Kier alpha value is -1.88. The van der Waals surface area contributed by atoms with Gasteiger partial charge in [-0.1, -0.05) is 6.92 Å². The summed E-state index contributed by atoms with van der Waals surface area (Å²) in [5, 5.41) is 11.8. The summed E-state index contributed by atoms with van der Waals surface area (Å²) < 4.78 is 5.70. The normalized spacial score (nSPS) is 22.6. The summed E-state index contributed by atoms with van der Waals surface area (Å²) in [6, 6.07) is 8.71. The maximum absolute atomic E-state index is 5.70. The van der Waals surface area contributed by atoms with E-state index in [1.807, 2.05) is 12.1 Å². The largest absolute Gasteiger partial charge is 0.382 e. The summed E-state index contributed by atoms with van der Waals surface area (Å²) in [7, 11) is 0. The molecule has 0 amide bonds. The highest BCUT2D eigenvalue weighted by Crippen LogP contribution is 2.21. The van der Waals surface area contributed by atoms with Gasteiger partial charge in [0.15, 0.2) is 0 Å². The number of nitrogens with one attached hydrogen (secondary N) is 1. The van der Waals surface area contributed by atoms with Gasteiger partial charge in [0.2, 0.25) is 0 Å². The Morgan fingerprint density at radius 1 is 1.25 bits per heavy atom. The molecule has 5 heteroatoms. The fourth-order valence-electron chi connectivity index (χ4n) is 2.57. The Kier molecular flexibility index (Phi) is 3.97. The van der Waals surface area contributed by atoms with Crippen LogP contribution in [0.25, 0.3) is 5.69 Å². The number of ether oxygens (including phenoxy) is 1. The second-order valence-electron chi connectivity index (χ2n) is 5.13. The van der Waals surface area contributed by atoms with Crippen LogP contribution in [-0.4, -0.2) is 33.7 Å². The quantitative estimate of drug-likeness (QED) is 0.929. The van der Waals surface area contributed by atoms with Crippen molar-refractivity contribution in [3.05, 3.63) is 36.7 Å². The lowest BCUT2D eigenvalue weighted by atomic mass is 10.0. The Balaban J connectivity index is 1.63. The first-order valence-corrected chi connectivity index (χ1v) is 7.20. The molecule has 2 atom stereocenters. The van der Waals surface area contributed by atoms with Gasteiger partial charge in [-0.15, -0.1) is 0 Å². The molecule has 2 heterocycles. The van der Waals surface area contributed by atoms with E-state index in [-0.39, 0.29) is 0 Å². The van der Waals surface area contributed by atoms with Gasteiger partial charge in [-0.3, -0.25) is 0 Å². The summed E-state index contributed by atoms with van der Waals surface area (Å²) in [6.45, 7) is 3.03. The smallest absolute Gasteiger partial charge is 0.0858 e. The van der Waals surface area contributed by atoms with Crippen molar-refractivity contribution in [1.82, 2.24) is 15.0 Å². The Labute approximate surface area is 118 Å². The van der Waals surface area contributed by atoms with E-state index < -0.39 is 0 Å². The number of hydrogen-bond acceptors (Lipinski definition) is 4. The van der Waals surface area contributed by atoms with Gasteiger partial charge in [-0.05, 0) is 43.5 Å². The zero-order chi connectivity index (χ0) is 13.8. The molecule has 2 aromatic rings. The minimum Gasteiger partial charge on any atom is -0.382 e. The minimum atomic E-state index is 0.397. The Morgan fingerprint density at radius 3 is 2.70 bits per heavy atom. The summed E-state index contributed by atoms with van der Waals surface area (Å²) in [5.41, 5.74) is 2.11. The summed E-state index contributed by atoms with van der Waals surface area (Å²) >= 11 is 0. The summed E-state index contributed by atoms with van der Waals surface area (Å²) in [6.07, 6.45) is 6.99. The molecular formula is C15H20N4O. The van der Waals surface area contributed by atoms with Crippen LogP contribution in [0.2, 0.25) is 0 Å². The highest BCUT2D eigenvalue weighted by Gasteiger charge is 2.20. The molecule has 0 radical (unpaired) electrons. The molecule has 1 N–H and O–H groups in total. The molecule has 1 aromatic heterocycles. The van der Waals surface area contributed by atoms with E-state index in [1.54, 1.807) is 17.2 Å². The van der Waals surface area contributed by atoms with Crippen LogP contribution in [0.5, 0.6) is 0 Å². The summed E-state index contributed by atoms with van der Waals surface area (Å²) in [4.78, 5) is 1.62. The Bertz CT molecular complexity index is 523. The zero-order valence-electron chi connectivity index (χ0n) is 11.7. The van der Waals surface area contributed by atoms with Crippen LogP contribution >= 0.6 is 0 Å². The molecule has 0 spiro atoms. The van der Waals surface area contributed by atoms with Crippen LogP contribution in [0.1, 0.15) is 26.2 Å². The van der Waals surface area contributed by atoms with E-state index in [4.69, 9.17) is 4.74 Å². The van der Waals surface area contributed by atoms with Gasteiger partial charge in [0.25, 0.3) is 0 Å². The van der Waals surface area contributed by atoms with Gasteiger partial charge in [0.05, 0.1) is 24.2 Å². The second kappa shape index (κ2) is 6.05. The first kappa shape index (κ1) is 13.1. The molecule has 20 heavy (non-hydrogen) atoms. The maximum Gasteiger partial charge on any atom is 0.0858 e. The van der Waals surface area contributed by atoms with Crippen molar-refractivity contribution < 1.29 is 4.74 Å². The fraction of sp³-hybridized carbons (Fsp3) is 0.467. The first-order valence-electron chi connectivity index (χ1n) is 7.20. The molecule has 1 fully saturated rings. The van der Waals surface area contributed by atoms with Crippen LogP contribution in [0.15, 0.2) is 36.7 Å². The molecule has 5 nitrogen and oxygen atoms in total. The number of aromatic nitrogens is 3. The number of benzene rings is 1. The van der Waals surface area contributed by atoms with E-state index in [1.165, 1.54) is 0 Å². The predicted molar refractivity (Wildman–Crippen MR) is 78.0 cm³/mol. The van der Waals surface area contributed by atoms with Crippen LogP contribution in [-0.2, 0) is 4.74 Å². The van der Waals surface area contributed by atoms with Crippen molar-refractivity contribution in [2.24, 2.45) is 0 Å². The van der Waals surface area contributed by atoms with Crippen molar-refractivity contribution in [1.29, 1.82) is 0 Å². The molecule has 0 saturated carbocycles. The van der Waals surface area contributed by atoms with Crippen LogP contribution in [0.3, 0.4) is 0 Å². The molecule has 2 unspecified atom stereocenters. The van der Waals surface area contributed by atoms with E-state index in [2.05, 4.69) is 34.6 Å². The molecule has 0 bridgehead atoms. The van der Waals surface area contributed by atoms with E-state index in [9.17, 15) is 0 Å².